The van der Waals surface area contributed by atoms with E-state index in [-0.39, 0.29) is 30.4 Å². The Morgan fingerprint density at radius 1 is 1.03 bits per heavy atom. The quantitative estimate of drug-likeness (QED) is 0.621. The van der Waals surface area contributed by atoms with Gasteiger partial charge in [0.15, 0.2) is 0 Å². The van der Waals surface area contributed by atoms with E-state index < -0.39 is 10.0 Å². The summed E-state index contributed by atoms with van der Waals surface area (Å²) >= 11 is 0. The van der Waals surface area contributed by atoms with Crippen LogP contribution < -0.4 is 4.90 Å². The highest BCUT2D eigenvalue weighted by atomic mass is 32.2. The Bertz CT molecular complexity index is 1290. The minimum atomic E-state index is -3.73. The lowest BCUT2D eigenvalue weighted by Crippen LogP contribution is -2.48. The summed E-state index contributed by atoms with van der Waals surface area (Å²) in [7, 11) is -1.78. The third kappa shape index (κ3) is 3.55. The van der Waals surface area contributed by atoms with Gasteiger partial charge >= 0.3 is 0 Å². The first kappa shape index (κ1) is 22.1. The van der Waals surface area contributed by atoms with Crippen molar-refractivity contribution in [1.29, 1.82) is 0 Å². The Hall–Kier alpha value is -2.74. The fraction of sp³-hybridized carbons (Fsp3) is 0.308. The molecule has 3 aromatic carbocycles. The van der Waals surface area contributed by atoms with Gasteiger partial charge in [-0.25, -0.2) is 12.8 Å². The van der Waals surface area contributed by atoms with Crippen molar-refractivity contribution in [2.24, 2.45) is 5.92 Å². The summed E-state index contributed by atoms with van der Waals surface area (Å²) in [6.07, 6.45) is 0.672. The summed E-state index contributed by atoms with van der Waals surface area (Å²) in [6, 6.07) is 18.8. The van der Waals surface area contributed by atoms with Gasteiger partial charge in [0, 0.05) is 25.2 Å². The van der Waals surface area contributed by atoms with Crippen LogP contribution in [-0.2, 0) is 10.0 Å². The zero-order valence-electron chi connectivity index (χ0n) is 18.6. The number of benzene rings is 3. The molecule has 5 rings (SSSR count). The summed E-state index contributed by atoms with van der Waals surface area (Å²) in [6.45, 7) is 2.16. The number of anilines is 1. The average Bonchev–Trinajstić information content (AvgIpc) is 3.26. The van der Waals surface area contributed by atoms with Gasteiger partial charge in [0.25, 0.3) is 0 Å². The zero-order valence-corrected chi connectivity index (χ0v) is 19.5. The van der Waals surface area contributed by atoms with Crippen molar-refractivity contribution in [3.63, 3.8) is 0 Å². The molecule has 3 aromatic rings. The number of aliphatic hydroxyl groups excluding tert-OH is 1. The summed E-state index contributed by atoms with van der Waals surface area (Å²) in [5.41, 5.74) is 4.32. The molecule has 0 aromatic heterocycles. The van der Waals surface area contributed by atoms with E-state index in [1.165, 1.54) is 12.1 Å². The fourth-order valence-corrected chi connectivity index (χ4v) is 7.37. The van der Waals surface area contributed by atoms with Gasteiger partial charge in [-0.05, 0) is 65.9 Å². The van der Waals surface area contributed by atoms with Crippen LogP contribution >= 0.6 is 0 Å². The van der Waals surface area contributed by atoms with E-state index in [0.29, 0.717) is 23.4 Å². The number of fused-ring (bicyclic) bond motifs is 3. The van der Waals surface area contributed by atoms with Crippen molar-refractivity contribution in [3.8, 4) is 11.1 Å². The molecule has 0 saturated carbocycles. The van der Waals surface area contributed by atoms with Crippen LogP contribution in [0.1, 0.15) is 23.6 Å². The summed E-state index contributed by atoms with van der Waals surface area (Å²) in [5.74, 6) is -0.330. The highest BCUT2D eigenvalue weighted by Crippen LogP contribution is 2.51. The van der Waals surface area contributed by atoms with E-state index in [1.54, 1.807) is 28.6 Å². The molecule has 172 valence electrons. The van der Waals surface area contributed by atoms with Crippen molar-refractivity contribution in [2.75, 3.05) is 25.1 Å². The van der Waals surface area contributed by atoms with E-state index in [1.807, 2.05) is 44.3 Å². The van der Waals surface area contributed by atoms with Crippen LogP contribution in [0.15, 0.2) is 71.6 Å². The van der Waals surface area contributed by atoms with Gasteiger partial charge in [0.1, 0.15) is 5.82 Å². The van der Waals surface area contributed by atoms with Crippen LogP contribution in [0, 0.1) is 18.7 Å². The molecule has 1 saturated heterocycles. The predicted octanol–water partition coefficient (Wildman–Crippen LogP) is 4.36. The minimum Gasteiger partial charge on any atom is -0.394 e. The van der Waals surface area contributed by atoms with Crippen molar-refractivity contribution < 1.29 is 17.9 Å². The number of aryl methyl sites for hydroxylation is 1. The predicted molar refractivity (Wildman–Crippen MR) is 127 cm³/mol. The van der Waals surface area contributed by atoms with Gasteiger partial charge < -0.3 is 10.0 Å². The Morgan fingerprint density at radius 3 is 2.42 bits per heavy atom. The Balaban J connectivity index is 1.66. The number of hydrogen-bond acceptors (Lipinski definition) is 4. The second-order valence-electron chi connectivity index (χ2n) is 8.92. The van der Waals surface area contributed by atoms with Crippen LogP contribution in [0.25, 0.3) is 11.1 Å². The molecule has 3 atom stereocenters. The van der Waals surface area contributed by atoms with Gasteiger partial charge in [0.2, 0.25) is 10.0 Å². The molecule has 0 unspecified atom stereocenters. The largest absolute Gasteiger partial charge is 0.394 e. The molecule has 5 nitrogen and oxygen atoms in total. The molecule has 7 heteroatoms. The molecule has 1 fully saturated rings. The van der Waals surface area contributed by atoms with E-state index in [9.17, 15) is 17.9 Å². The van der Waals surface area contributed by atoms with Crippen LogP contribution in [0.4, 0.5) is 10.1 Å². The molecule has 0 amide bonds. The molecule has 0 aliphatic carbocycles. The van der Waals surface area contributed by atoms with Gasteiger partial charge in [-0.15, -0.1) is 0 Å². The lowest BCUT2D eigenvalue weighted by Gasteiger charge is -2.44. The maximum Gasteiger partial charge on any atom is 0.243 e. The fourth-order valence-electron chi connectivity index (χ4n) is 5.48. The van der Waals surface area contributed by atoms with E-state index in [2.05, 4.69) is 4.90 Å². The highest BCUT2D eigenvalue weighted by Gasteiger charge is 2.50. The Labute approximate surface area is 194 Å². The molecule has 1 N–H and O–H groups in total. The smallest absolute Gasteiger partial charge is 0.243 e. The van der Waals surface area contributed by atoms with Gasteiger partial charge in [-0.1, -0.05) is 36.4 Å². The van der Waals surface area contributed by atoms with Crippen LogP contribution in [0.5, 0.6) is 0 Å². The van der Waals surface area contributed by atoms with Gasteiger partial charge in [-0.3, -0.25) is 0 Å². The van der Waals surface area contributed by atoms with Crippen LogP contribution in [0.2, 0.25) is 0 Å². The molecule has 0 radical (unpaired) electrons. The number of likely N-dealkylation sites (N-methyl/N-ethyl adjacent to an activating group) is 1. The van der Waals surface area contributed by atoms with E-state index in [4.69, 9.17) is 0 Å². The molecule has 0 spiro atoms. The molecule has 33 heavy (non-hydrogen) atoms. The number of rotatable bonds is 4. The van der Waals surface area contributed by atoms with Crippen LogP contribution in [-0.4, -0.2) is 44.1 Å². The molecule has 2 aliphatic heterocycles. The maximum absolute atomic E-state index is 13.8. The second kappa shape index (κ2) is 8.24. The molecular weight excluding hydrogens is 439 g/mol. The average molecular weight is 467 g/mol. The van der Waals surface area contributed by atoms with Crippen molar-refractivity contribution >= 4 is 15.7 Å². The monoisotopic (exact) mass is 466 g/mol. The Kier molecular flexibility index (Phi) is 5.51. The van der Waals surface area contributed by atoms with Crippen molar-refractivity contribution in [3.05, 3.63) is 83.7 Å². The molecule has 2 heterocycles. The zero-order chi connectivity index (χ0) is 23.3. The van der Waals surface area contributed by atoms with Crippen molar-refractivity contribution in [2.45, 2.75) is 30.3 Å². The number of aliphatic hydroxyl groups is 1. The number of halogens is 1. The molecule has 2 aliphatic rings. The first-order chi connectivity index (χ1) is 15.8. The van der Waals surface area contributed by atoms with Crippen LogP contribution in [0.3, 0.4) is 0 Å². The first-order valence-electron chi connectivity index (χ1n) is 11.1. The highest BCUT2D eigenvalue weighted by molar-refractivity contribution is 7.89. The standard InChI is InChI=1S/C26H27FN2O3S/c1-17-5-3-4-6-25(17)33(31,32)29-14-13-21-24(16-30)28(2)23-12-9-19(15-22(23)26(21)29)18-7-10-20(27)11-8-18/h3-12,15,21,24,26,30H,13-14,16H2,1-2H3/t21-,24+,26-/m0/s1. The lowest BCUT2D eigenvalue weighted by molar-refractivity contribution is 0.193. The van der Waals surface area contributed by atoms with E-state index in [0.717, 1.165) is 22.4 Å². The third-order valence-corrected chi connectivity index (χ3v) is 9.20. The van der Waals surface area contributed by atoms with Gasteiger partial charge in [0.05, 0.1) is 23.6 Å². The summed E-state index contributed by atoms with van der Waals surface area (Å²) in [5, 5.41) is 10.2. The first-order valence-corrected chi connectivity index (χ1v) is 12.6. The lowest BCUT2D eigenvalue weighted by atomic mass is 9.81. The summed E-state index contributed by atoms with van der Waals surface area (Å²) in [4.78, 5) is 2.39. The topological polar surface area (TPSA) is 60.9 Å². The Morgan fingerprint density at radius 2 is 1.73 bits per heavy atom. The molecular formula is C26H27FN2O3S. The normalized spacial score (nSPS) is 22.8. The molecule has 0 bridgehead atoms. The van der Waals surface area contributed by atoms with Gasteiger partial charge in [-0.2, -0.15) is 4.31 Å². The second-order valence-corrected chi connectivity index (χ2v) is 10.8. The number of hydrogen-bond donors (Lipinski definition) is 1. The number of nitrogens with zero attached hydrogens (tertiary/aromatic N) is 2. The van der Waals surface area contributed by atoms with Crippen molar-refractivity contribution in [1.82, 2.24) is 4.31 Å². The minimum absolute atomic E-state index is 0.0326. The third-order valence-electron chi connectivity index (χ3n) is 7.16. The summed E-state index contributed by atoms with van der Waals surface area (Å²) < 4.78 is 42.7. The SMILES string of the molecule is Cc1ccccc1S(=O)(=O)N1CC[C@H]2[C@@H](CO)N(C)c3ccc(-c4ccc(F)cc4)cc3[C@H]21. The number of sulfonamides is 1. The van der Waals surface area contributed by atoms with E-state index >= 15 is 0 Å². The maximum atomic E-state index is 13.8.